The topological polar surface area (TPSA) is 30.5 Å². The summed E-state index contributed by atoms with van der Waals surface area (Å²) in [6.07, 6.45) is 1.68. The molecule has 1 aromatic carbocycles. The number of hydrogen-bond acceptors (Lipinski definition) is 3. The Balaban J connectivity index is 1.91. The van der Waals surface area contributed by atoms with Crippen molar-refractivity contribution in [2.45, 2.75) is 38.0 Å². The van der Waals surface area contributed by atoms with Crippen LogP contribution in [-0.2, 0) is 4.74 Å². The molecule has 5 heteroatoms. The van der Waals surface area contributed by atoms with Crippen LogP contribution in [0.2, 0.25) is 0 Å². The molecule has 0 amide bonds. The van der Waals surface area contributed by atoms with Gasteiger partial charge in [0, 0.05) is 25.6 Å². The van der Waals surface area contributed by atoms with E-state index in [2.05, 4.69) is 12.2 Å². The lowest BCUT2D eigenvalue weighted by atomic mass is 9.85. The number of methoxy groups -OCH3 is 1. The SMILES string of the molecule is CCCNC1CC(Oc2ccc(F)c(F)c2)C1OC. The van der Waals surface area contributed by atoms with Crippen LogP contribution in [0.1, 0.15) is 19.8 Å². The Kier molecular flexibility index (Phi) is 4.71. The monoisotopic (exact) mass is 271 g/mol. The number of ether oxygens (including phenoxy) is 2. The van der Waals surface area contributed by atoms with Gasteiger partial charge < -0.3 is 14.8 Å². The fourth-order valence-corrected chi connectivity index (χ4v) is 2.27. The average molecular weight is 271 g/mol. The highest BCUT2D eigenvalue weighted by molar-refractivity contribution is 5.24. The minimum Gasteiger partial charge on any atom is -0.487 e. The summed E-state index contributed by atoms with van der Waals surface area (Å²) in [5.74, 6) is -1.43. The van der Waals surface area contributed by atoms with Crippen molar-refractivity contribution in [3.63, 3.8) is 0 Å². The summed E-state index contributed by atoms with van der Waals surface area (Å²) >= 11 is 0. The zero-order valence-corrected chi connectivity index (χ0v) is 11.2. The van der Waals surface area contributed by atoms with E-state index in [4.69, 9.17) is 9.47 Å². The van der Waals surface area contributed by atoms with Crippen molar-refractivity contribution in [1.29, 1.82) is 0 Å². The Morgan fingerprint density at radius 2 is 2.11 bits per heavy atom. The van der Waals surface area contributed by atoms with Gasteiger partial charge in [-0.25, -0.2) is 8.78 Å². The van der Waals surface area contributed by atoms with Gasteiger partial charge in [-0.1, -0.05) is 6.92 Å². The molecule has 1 aromatic rings. The summed E-state index contributed by atoms with van der Waals surface area (Å²) in [5.41, 5.74) is 0. The molecular weight excluding hydrogens is 252 g/mol. The largest absolute Gasteiger partial charge is 0.487 e. The lowest BCUT2D eigenvalue weighted by molar-refractivity contribution is -0.0888. The molecule has 2 rings (SSSR count). The van der Waals surface area contributed by atoms with Crippen LogP contribution in [0.25, 0.3) is 0 Å². The third-order valence-corrected chi connectivity index (χ3v) is 3.36. The molecule has 0 radical (unpaired) electrons. The number of halogens is 2. The van der Waals surface area contributed by atoms with Crippen molar-refractivity contribution in [3.8, 4) is 5.75 Å². The number of hydrogen-bond donors (Lipinski definition) is 1. The first kappa shape index (κ1) is 14.2. The highest BCUT2D eigenvalue weighted by atomic mass is 19.2. The number of benzene rings is 1. The van der Waals surface area contributed by atoms with Crippen LogP contribution in [0, 0.1) is 11.6 Å². The van der Waals surface area contributed by atoms with Gasteiger partial charge in [-0.15, -0.1) is 0 Å². The van der Waals surface area contributed by atoms with Gasteiger partial charge in [0.1, 0.15) is 18.0 Å². The van der Waals surface area contributed by atoms with Gasteiger partial charge in [0.2, 0.25) is 0 Å². The normalized spacial score (nSPS) is 26.0. The second-order valence-electron chi connectivity index (χ2n) is 4.73. The summed E-state index contributed by atoms with van der Waals surface area (Å²) in [6, 6.07) is 3.82. The maximum Gasteiger partial charge on any atom is 0.162 e. The van der Waals surface area contributed by atoms with E-state index in [1.165, 1.54) is 6.07 Å². The molecule has 1 aliphatic carbocycles. The first-order valence-corrected chi connectivity index (χ1v) is 6.53. The summed E-state index contributed by atoms with van der Waals surface area (Å²) < 4.78 is 36.9. The van der Waals surface area contributed by atoms with Gasteiger partial charge in [0.05, 0.1) is 0 Å². The molecule has 0 spiro atoms. The molecule has 3 nitrogen and oxygen atoms in total. The highest BCUT2D eigenvalue weighted by Gasteiger charge is 2.42. The van der Waals surface area contributed by atoms with Gasteiger partial charge in [0.25, 0.3) is 0 Å². The summed E-state index contributed by atoms with van der Waals surface area (Å²) in [6.45, 7) is 3.03. The molecule has 1 N–H and O–H groups in total. The standard InChI is InChI=1S/C14H19F2NO2/c1-3-6-17-12-8-13(14(12)18-2)19-9-4-5-10(15)11(16)7-9/h4-5,7,12-14,17H,3,6,8H2,1-2H3. The molecule has 1 aliphatic rings. The van der Waals surface area contributed by atoms with Crippen LogP contribution in [0.5, 0.6) is 5.75 Å². The van der Waals surface area contributed by atoms with Crippen LogP contribution < -0.4 is 10.1 Å². The second-order valence-corrected chi connectivity index (χ2v) is 4.73. The third kappa shape index (κ3) is 3.22. The minimum atomic E-state index is -0.897. The van der Waals surface area contributed by atoms with Crippen LogP contribution >= 0.6 is 0 Å². The Bertz CT molecular complexity index is 428. The van der Waals surface area contributed by atoms with E-state index in [0.29, 0.717) is 5.75 Å². The molecule has 3 atom stereocenters. The second kappa shape index (κ2) is 6.30. The maximum absolute atomic E-state index is 13.1. The molecule has 1 fully saturated rings. The molecule has 0 aliphatic heterocycles. The van der Waals surface area contributed by atoms with E-state index < -0.39 is 11.6 Å². The summed E-state index contributed by atoms with van der Waals surface area (Å²) in [7, 11) is 1.63. The third-order valence-electron chi connectivity index (χ3n) is 3.36. The van der Waals surface area contributed by atoms with Crippen molar-refractivity contribution < 1.29 is 18.3 Å². The molecule has 19 heavy (non-hydrogen) atoms. The van der Waals surface area contributed by atoms with E-state index in [1.54, 1.807) is 7.11 Å². The molecule has 0 bridgehead atoms. The molecule has 1 saturated carbocycles. The average Bonchev–Trinajstić information content (AvgIpc) is 2.37. The van der Waals surface area contributed by atoms with Crippen molar-refractivity contribution in [1.82, 2.24) is 5.32 Å². The lowest BCUT2D eigenvalue weighted by Crippen LogP contribution is -2.61. The highest BCUT2D eigenvalue weighted by Crippen LogP contribution is 2.29. The Labute approximate surface area is 111 Å². The van der Waals surface area contributed by atoms with Gasteiger partial charge in [-0.3, -0.25) is 0 Å². The van der Waals surface area contributed by atoms with E-state index >= 15 is 0 Å². The lowest BCUT2D eigenvalue weighted by Gasteiger charge is -2.43. The van der Waals surface area contributed by atoms with Gasteiger partial charge >= 0.3 is 0 Å². The quantitative estimate of drug-likeness (QED) is 0.862. The van der Waals surface area contributed by atoms with Crippen molar-refractivity contribution >= 4 is 0 Å². The number of nitrogens with one attached hydrogen (secondary N) is 1. The van der Waals surface area contributed by atoms with Crippen molar-refractivity contribution in [2.24, 2.45) is 0 Å². The first-order chi connectivity index (χ1) is 9.15. The molecular formula is C14H19F2NO2. The van der Waals surface area contributed by atoms with E-state index in [0.717, 1.165) is 31.5 Å². The fourth-order valence-electron chi connectivity index (χ4n) is 2.27. The van der Waals surface area contributed by atoms with Gasteiger partial charge in [-0.05, 0) is 25.1 Å². The van der Waals surface area contributed by atoms with Crippen LogP contribution in [-0.4, -0.2) is 31.9 Å². The van der Waals surface area contributed by atoms with Crippen molar-refractivity contribution in [3.05, 3.63) is 29.8 Å². The van der Waals surface area contributed by atoms with Crippen LogP contribution in [0.3, 0.4) is 0 Å². The number of rotatable bonds is 6. The zero-order valence-electron chi connectivity index (χ0n) is 11.2. The Morgan fingerprint density at radius 1 is 1.32 bits per heavy atom. The maximum atomic E-state index is 13.1. The predicted molar refractivity (Wildman–Crippen MR) is 68.3 cm³/mol. The van der Waals surface area contributed by atoms with E-state index in [-0.39, 0.29) is 18.2 Å². The first-order valence-electron chi connectivity index (χ1n) is 6.53. The molecule has 0 heterocycles. The molecule has 106 valence electrons. The van der Waals surface area contributed by atoms with Crippen LogP contribution in [0.4, 0.5) is 8.78 Å². The summed E-state index contributed by atoms with van der Waals surface area (Å²) in [5, 5.41) is 3.37. The van der Waals surface area contributed by atoms with Gasteiger partial charge in [0.15, 0.2) is 11.6 Å². The Morgan fingerprint density at radius 3 is 2.74 bits per heavy atom. The van der Waals surface area contributed by atoms with Crippen molar-refractivity contribution in [2.75, 3.05) is 13.7 Å². The van der Waals surface area contributed by atoms with Crippen LogP contribution in [0.15, 0.2) is 18.2 Å². The summed E-state index contributed by atoms with van der Waals surface area (Å²) in [4.78, 5) is 0. The molecule has 0 saturated heterocycles. The smallest absolute Gasteiger partial charge is 0.162 e. The zero-order chi connectivity index (χ0) is 13.8. The Hall–Kier alpha value is -1.20. The predicted octanol–water partition coefficient (Wildman–Crippen LogP) is 2.50. The van der Waals surface area contributed by atoms with E-state index in [9.17, 15) is 8.78 Å². The van der Waals surface area contributed by atoms with E-state index in [1.807, 2.05) is 0 Å². The molecule has 3 unspecified atom stereocenters. The fraction of sp³-hybridized carbons (Fsp3) is 0.571. The molecule has 0 aromatic heterocycles. The minimum absolute atomic E-state index is 0.0559. The van der Waals surface area contributed by atoms with Gasteiger partial charge in [-0.2, -0.15) is 0 Å².